The van der Waals surface area contributed by atoms with Crippen LogP contribution in [0.25, 0.3) is 0 Å². The highest BCUT2D eigenvalue weighted by Crippen LogP contribution is 2.64. The number of nitrogens with zero attached hydrogens (tertiary/aromatic N) is 1. The van der Waals surface area contributed by atoms with Crippen LogP contribution in [0.1, 0.15) is 13.3 Å². The zero-order chi connectivity index (χ0) is 14.1. The lowest BCUT2D eigenvalue weighted by Crippen LogP contribution is -2.51. The van der Waals surface area contributed by atoms with Crippen molar-refractivity contribution in [3.05, 3.63) is 12.3 Å². The Morgan fingerprint density at radius 2 is 2.11 bits per heavy atom. The van der Waals surface area contributed by atoms with E-state index < -0.39 is 34.0 Å². The van der Waals surface area contributed by atoms with Crippen molar-refractivity contribution in [2.45, 2.75) is 17.7 Å². The van der Waals surface area contributed by atoms with Crippen LogP contribution in [0.15, 0.2) is 12.3 Å². The summed E-state index contributed by atoms with van der Waals surface area (Å²) < 4.78 is 3.68. The quantitative estimate of drug-likeness (QED) is 0.592. The van der Waals surface area contributed by atoms with Gasteiger partial charge in [0.2, 0.25) is 0 Å². The molecule has 0 saturated heterocycles. The van der Waals surface area contributed by atoms with Crippen LogP contribution in [0, 0.1) is 22.7 Å². The lowest BCUT2D eigenvalue weighted by atomic mass is 10.0. The summed E-state index contributed by atoms with van der Waals surface area (Å²) in [6.45, 7) is 4.47. The van der Waals surface area contributed by atoms with Gasteiger partial charge in [-0.05, 0) is 13.5 Å². The number of ketones is 1. The molecule has 3 N–H and O–H groups in total. The van der Waals surface area contributed by atoms with Crippen LogP contribution in [-0.4, -0.2) is 22.7 Å². The monoisotopic (exact) mass is 291 g/mol. The molecule has 1 aliphatic rings. The summed E-state index contributed by atoms with van der Waals surface area (Å²) >= 11 is 11.6. The molecular weight excluding hydrogens is 279 g/mol. The Hall–Kier alpha value is -1.09. The second kappa shape index (κ2) is 4.88. The molecule has 1 aliphatic carbocycles. The number of allylic oxidation sites excluding steroid dienone is 1. The number of halogens is 2. The van der Waals surface area contributed by atoms with Gasteiger partial charge in [-0.15, -0.1) is 23.2 Å². The van der Waals surface area contributed by atoms with Crippen LogP contribution in [-0.2, 0) is 14.3 Å². The summed E-state index contributed by atoms with van der Waals surface area (Å²) in [5.74, 6) is -2.28. The molecule has 0 unspecified atom stereocenters. The summed E-state index contributed by atoms with van der Waals surface area (Å²) in [4.78, 5) is 23.2. The molecule has 5 nitrogen and oxygen atoms in total. The minimum absolute atomic E-state index is 0.167. The molecule has 0 aromatic carbocycles. The number of hydrogen-bond donors (Lipinski definition) is 1. The highest BCUT2D eigenvalue weighted by Gasteiger charge is 2.69. The average molecular weight is 292 g/mol. The number of carbonyl (C=O) groups excluding carboxylic acids is 2. The van der Waals surface area contributed by atoms with Gasteiger partial charge in [0.15, 0.2) is 18.3 Å². The summed E-state index contributed by atoms with van der Waals surface area (Å²) in [6.07, 6.45) is 0.278. The zero-order valence-electron chi connectivity index (χ0n) is 9.83. The van der Waals surface area contributed by atoms with Crippen LogP contribution in [0.4, 0.5) is 0 Å². The van der Waals surface area contributed by atoms with Gasteiger partial charge in [-0.25, -0.2) is 0 Å². The van der Waals surface area contributed by atoms with Gasteiger partial charge < -0.3 is 10.5 Å². The molecule has 0 bridgehead atoms. The fourth-order valence-electron chi connectivity index (χ4n) is 1.39. The Kier molecular flexibility index (Phi) is 4.06. The second-order valence-electron chi connectivity index (χ2n) is 4.48. The maximum absolute atomic E-state index is 11.7. The number of rotatable bonds is 5. The maximum atomic E-state index is 11.7. The van der Waals surface area contributed by atoms with Gasteiger partial charge in [-0.2, -0.15) is 5.26 Å². The summed E-state index contributed by atoms with van der Waals surface area (Å²) in [7, 11) is 0. The van der Waals surface area contributed by atoms with Crippen molar-refractivity contribution in [2.24, 2.45) is 11.3 Å². The number of nitriles is 1. The van der Waals surface area contributed by atoms with Gasteiger partial charge in [-0.1, -0.05) is 0 Å². The molecule has 7 heteroatoms. The Morgan fingerprint density at radius 1 is 1.61 bits per heavy atom. The Labute approximate surface area is 114 Å². The van der Waals surface area contributed by atoms with Crippen LogP contribution in [0.2, 0.25) is 0 Å². The lowest BCUT2D eigenvalue weighted by Gasteiger charge is -2.12. The molecular formula is C11H13Cl2N2O3+. The molecule has 98 valence electrons. The number of ether oxygens (including phenoxy) is 1. The molecule has 0 aromatic heterocycles. The fraction of sp³-hybridized carbons (Fsp3) is 0.545. The number of quaternary nitrogens is 1. The number of hydrogen-bond acceptors (Lipinski definition) is 4. The van der Waals surface area contributed by atoms with Crippen molar-refractivity contribution in [1.82, 2.24) is 0 Å². The predicted molar refractivity (Wildman–Crippen MR) is 64.3 cm³/mol. The molecule has 1 rings (SSSR count). The van der Waals surface area contributed by atoms with Gasteiger partial charge in [0.25, 0.3) is 0 Å². The van der Waals surface area contributed by atoms with Gasteiger partial charge in [-0.3, -0.25) is 9.59 Å². The Bertz CT molecular complexity index is 456. The number of alkyl halides is 2. The smallest absolute Gasteiger partial charge is 0.315 e. The molecule has 0 aliphatic heterocycles. The third kappa shape index (κ3) is 2.66. The van der Waals surface area contributed by atoms with E-state index in [0.29, 0.717) is 0 Å². The molecule has 1 saturated carbocycles. The van der Waals surface area contributed by atoms with E-state index in [1.807, 2.05) is 0 Å². The van der Waals surface area contributed by atoms with Crippen molar-refractivity contribution in [1.29, 1.82) is 5.26 Å². The molecule has 2 atom stereocenters. The first kappa shape index (κ1) is 15.0. The Morgan fingerprint density at radius 3 is 2.44 bits per heavy atom. The van der Waals surface area contributed by atoms with Crippen molar-refractivity contribution in [2.75, 3.05) is 6.61 Å². The first-order chi connectivity index (χ1) is 8.15. The van der Waals surface area contributed by atoms with Crippen LogP contribution in [0.3, 0.4) is 0 Å². The van der Waals surface area contributed by atoms with Crippen molar-refractivity contribution in [3.63, 3.8) is 0 Å². The van der Waals surface area contributed by atoms with Crippen LogP contribution >= 0.6 is 23.2 Å². The average Bonchev–Trinajstić information content (AvgIpc) is 2.76. The van der Waals surface area contributed by atoms with E-state index in [1.165, 1.54) is 0 Å². The van der Waals surface area contributed by atoms with E-state index in [4.69, 9.17) is 33.2 Å². The molecule has 0 amide bonds. The third-order valence-electron chi connectivity index (χ3n) is 2.91. The van der Waals surface area contributed by atoms with Gasteiger partial charge in [0, 0.05) is 6.42 Å². The second-order valence-corrected chi connectivity index (χ2v) is 5.96. The van der Waals surface area contributed by atoms with Crippen molar-refractivity contribution in [3.8, 4) is 6.07 Å². The largest absolute Gasteiger partial charge is 0.457 e. The van der Waals surface area contributed by atoms with Crippen molar-refractivity contribution >= 4 is 35.0 Å². The summed E-state index contributed by atoms with van der Waals surface area (Å²) in [6, 6.07) is 1.74. The minimum atomic E-state index is -1.14. The Balaban J connectivity index is 2.53. The van der Waals surface area contributed by atoms with Gasteiger partial charge >= 0.3 is 5.97 Å². The van der Waals surface area contributed by atoms with Gasteiger partial charge in [0.1, 0.15) is 15.4 Å². The molecule has 1 fully saturated rings. The van der Waals surface area contributed by atoms with E-state index in [1.54, 1.807) is 13.0 Å². The highest BCUT2D eigenvalue weighted by molar-refractivity contribution is 6.53. The van der Waals surface area contributed by atoms with E-state index in [-0.39, 0.29) is 12.1 Å². The molecule has 0 heterocycles. The molecule has 0 aromatic rings. The number of Topliss-reactive ketones (excluding diaryl/α,β-unsaturated/α-hetero) is 1. The molecule has 0 spiro atoms. The summed E-state index contributed by atoms with van der Waals surface area (Å²) in [5, 5.41) is 8.73. The first-order valence-electron chi connectivity index (χ1n) is 5.14. The highest BCUT2D eigenvalue weighted by atomic mass is 35.5. The van der Waals surface area contributed by atoms with Crippen LogP contribution < -0.4 is 5.73 Å². The normalized spacial score (nSPS) is 25.7. The molecule has 18 heavy (non-hydrogen) atoms. The topological polar surface area (TPSA) is 94.8 Å². The third-order valence-corrected chi connectivity index (χ3v) is 4.01. The van der Waals surface area contributed by atoms with E-state index in [9.17, 15) is 9.59 Å². The maximum Gasteiger partial charge on any atom is 0.315 e. The van der Waals surface area contributed by atoms with Crippen molar-refractivity contribution < 1.29 is 20.1 Å². The zero-order valence-corrected chi connectivity index (χ0v) is 11.3. The SMILES string of the molecule is C=C([NH3+])[C@H](C#N)C(=O)COC(=O)[C@@]1(C)CC1(Cl)Cl. The van der Waals surface area contributed by atoms with Gasteiger partial charge in [0.05, 0.1) is 6.07 Å². The lowest BCUT2D eigenvalue weighted by molar-refractivity contribution is -0.309. The number of esters is 1. The van der Waals surface area contributed by atoms with E-state index in [0.717, 1.165) is 0 Å². The number of carbonyl (C=O) groups is 2. The first-order valence-corrected chi connectivity index (χ1v) is 5.89. The van der Waals surface area contributed by atoms with E-state index >= 15 is 0 Å². The van der Waals surface area contributed by atoms with E-state index in [2.05, 4.69) is 12.3 Å². The fourth-order valence-corrected chi connectivity index (χ4v) is 2.08. The summed E-state index contributed by atoms with van der Waals surface area (Å²) in [5.41, 5.74) is 2.60. The standard InChI is InChI=1S/C11H12Cl2N2O3/c1-6(15)7(3-14)8(16)4-18-9(17)10(2)5-11(10,12)13/h7H,1,4-5,15H2,2H3/p+1/t7-,10+/m0/s1. The minimum Gasteiger partial charge on any atom is -0.457 e. The predicted octanol–water partition coefficient (Wildman–Crippen LogP) is 0.578. The van der Waals surface area contributed by atoms with Crippen LogP contribution in [0.5, 0.6) is 0 Å². The molecule has 0 radical (unpaired) electrons.